The number of rotatable bonds is 2. The standard InChI is InChI=1S/C12H18AsNO/c1-12(2,3)14-11(15)9-5-7-10(13-4)8-6-9/h5-8,13H,1-4H3,(H,14,15). The molecular weight excluding hydrogens is 249 g/mol. The summed E-state index contributed by atoms with van der Waals surface area (Å²) in [5.74, 6) is 0.00477. The molecular formula is C12H18AsNO. The Morgan fingerprint density at radius 1 is 1.20 bits per heavy atom. The van der Waals surface area contributed by atoms with Gasteiger partial charge in [-0.2, -0.15) is 0 Å². The van der Waals surface area contributed by atoms with Crippen molar-refractivity contribution in [2.45, 2.75) is 32.0 Å². The molecule has 82 valence electrons. The summed E-state index contributed by atoms with van der Waals surface area (Å²) in [5.41, 5.74) is 2.80. The summed E-state index contributed by atoms with van der Waals surface area (Å²) in [4.78, 5) is 11.8. The molecule has 0 bridgehead atoms. The van der Waals surface area contributed by atoms with Gasteiger partial charge in [-0.1, -0.05) is 0 Å². The Bertz CT molecular complexity index is 338. The van der Waals surface area contributed by atoms with Gasteiger partial charge in [0.1, 0.15) is 0 Å². The summed E-state index contributed by atoms with van der Waals surface area (Å²) in [7, 11) is 0. The van der Waals surface area contributed by atoms with Crippen molar-refractivity contribution in [3.63, 3.8) is 0 Å². The van der Waals surface area contributed by atoms with E-state index in [2.05, 4.69) is 23.2 Å². The summed E-state index contributed by atoms with van der Waals surface area (Å²) in [6.07, 6.45) is 0. The number of hydrogen-bond acceptors (Lipinski definition) is 1. The van der Waals surface area contributed by atoms with Crippen molar-refractivity contribution in [2.24, 2.45) is 0 Å². The number of nitrogens with one attached hydrogen (secondary N) is 1. The van der Waals surface area contributed by atoms with Crippen molar-refractivity contribution >= 4 is 26.0 Å². The van der Waals surface area contributed by atoms with Crippen LogP contribution in [0.2, 0.25) is 5.71 Å². The van der Waals surface area contributed by atoms with E-state index in [1.54, 1.807) is 0 Å². The fraction of sp³-hybridized carbons (Fsp3) is 0.417. The molecule has 0 fully saturated rings. The van der Waals surface area contributed by atoms with Crippen LogP contribution in [0.5, 0.6) is 0 Å². The van der Waals surface area contributed by atoms with Crippen LogP contribution in [0.3, 0.4) is 0 Å². The Kier molecular flexibility index (Phi) is 3.98. The van der Waals surface area contributed by atoms with Crippen LogP contribution in [0.25, 0.3) is 0 Å². The molecule has 3 heteroatoms. The van der Waals surface area contributed by atoms with Crippen molar-refractivity contribution in [3.8, 4) is 0 Å². The Hall–Kier alpha value is -0.752. The molecule has 1 aromatic rings. The molecule has 0 aliphatic heterocycles. The second kappa shape index (κ2) is 4.85. The Labute approximate surface area is 98.1 Å². The predicted molar refractivity (Wildman–Crippen MR) is 66.3 cm³/mol. The molecule has 0 aliphatic carbocycles. The number of amides is 1. The summed E-state index contributed by atoms with van der Waals surface area (Å²) >= 11 is -0.00308. The van der Waals surface area contributed by atoms with Gasteiger partial charge in [0.05, 0.1) is 0 Å². The topological polar surface area (TPSA) is 29.1 Å². The molecule has 0 aliphatic rings. The van der Waals surface area contributed by atoms with Crippen molar-refractivity contribution in [1.82, 2.24) is 5.32 Å². The maximum atomic E-state index is 11.8. The SMILES string of the molecule is C[AsH]c1ccc(C(=O)NC(C)(C)C)cc1. The van der Waals surface area contributed by atoms with Crippen LogP contribution in [0.15, 0.2) is 24.3 Å². The van der Waals surface area contributed by atoms with Gasteiger partial charge < -0.3 is 0 Å². The minimum atomic E-state index is -0.172. The van der Waals surface area contributed by atoms with Crippen LogP contribution in [-0.4, -0.2) is 27.2 Å². The third kappa shape index (κ3) is 4.09. The van der Waals surface area contributed by atoms with E-state index < -0.39 is 0 Å². The second-order valence-corrected chi connectivity index (χ2v) is 6.79. The molecule has 0 saturated heterocycles. The average Bonchev–Trinajstić information content (AvgIpc) is 2.15. The molecule has 0 aromatic heterocycles. The minimum absolute atomic E-state index is 0.00308. The molecule has 1 N–H and O–H groups in total. The predicted octanol–water partition coefficient (Wildman–Crippen LogP) is 1.32. The van der Waals surface area contributed by atoms with Crippen LogP contribution in [0, 0.1) is 0 Å². The number of hydrogen-bond donors (Lipinski definition) is 1. The van der Waals surface area contributed by atoms with Gasteiger partial charge in [-0.05, 0) is 0 Å². The molecule has 1 aromatic carbocycles. The van der Waals surface area contributed by atoms with Crippen LogP contribution < -0.4 is 9.67 Å². The van der Waals surface area contributed by atoms with E-state index in [9.17, 15) is 4.79 Å². The van der Waals surface area contributed by atoms with Gasteiger partial charge in [0.2, 0.25) is 0 Å². The van der Waals surface area contributed by atoms with Crippen LogP contribution >= 0.6 is 0 Å². The van der Waals surface area contributed by atoms with Gasteiger partial charge in [-0.15, -0.1) is 0 Å². The van der Waals surface area contributed by atoms with Crippen LogP contribution in [0.1, 0.15) is 31.1 Å². The first-order valence-electron chi connectivity index (χ1n) is 5.03. The van der Waals surface area contributed by atoms with E-state index in [0.29, 0.717) is 0 Å². The monoisotopic (exact) mass is 267 g/mol. The Balaban J connectivity index is 2.75. The van der Waals surface area contributed by atoms with Gasteiger partial charge in [0.25, 0.3) is 0 Å². The van der Waals surface area contributed by atoms with Crippen molar-refractivity contribution in [1.29, 1.82) is 0 Å². The molecule has 0 heterocycles. The molecule has 0 radical (unpaired) electrons. The summed E-state index contributed by atoms with van der Waals surface area (Å²) < 4.78 is 1.38. The maximum absolute atomic E-state index is 11.8. The molecule has 1 unspecified atom stereocenters. The number of carbonyl (C=O) groups excluding carboxylic acids is 1. The van der Waals surface area contributed by atoms with Crippen molar-refractivity contribution in [2.75, 3.05) is 0 Å². The number of benzene rings is 1. The third-order valence-corrected chi connectivity index (χ3v) is 3.83. The van der Waals surface area contributed by atoms with E-state index in [1.807, 2.05) is 32.9 Å². The Morgan fingerprint density at radius 2 is 1.73 bits per heavy atom. The second-order valence-electron chi connectivity index (χ2n) is 4.53. The van der Waals surface area contributed by atoms with Crippen LogP contribution in [-0.2, 0) is 0 Å². The van der Waals surface area contributed by atoms with E-state index in [1.165, 1.54) is 4.35 Å². The van der Waals surface area contributed by atoms with Gasteiger partial charge in [-0.3, -0.25) is 0 Å². The van der Waals surface area contributed by atoms with E-state index in [4.69, 9.17) is 0 Å². The Morgan fingerprint density at radius 3 is 2.13 bits per heavy atom. The normalized spacial score (nSPS) is 12.0. The molecule has 1 atom stereocenters. The van der Waals surface area contributed by atoms with Gasteiger partial charge in [0.15, 0.2) is 0 Å². The van der Waals surface area contributed by atoms with E-state index in [0.717, 1.165) is 5.56 Å². The molecule has 15 heavy (non-hydrogen) atoms. The van der Waals surface area contributed by atoms with E-state index in [-0.39, 0.29) is 27.2 Å². The van der Waals surface area contributed by atoms with Crippen molar-refractivity contribution < 1.29 is 4.79 Å². The quantitative estimate of drug-likeness (QED) is 0.805. The summed E-state index contributed by atoms with van der Waals surface area (Å²) in [6.45, 7) is 5.95. The average molecular weight is 267 g/mol. The number of carbonyl (C=O) groups is 1. The van der Waals surface area contributed by atoms with Crippen LogP contribution in [0.4, 0.5) is 0 Å². The first-order chi connectivity index (χ1) is 6.92. The van der Waals surface area contributed by atoms with Gasteiger partial charge >= 0.3 is 98.0 Å². The molecule has 2 nitrogen and oxygen atoms in total. The first kappa shape index (κ1) is 12.3. The molecule has 0 saturated carbocycles. The van der Waals surface area contributed by atoms with E-state index >= 15 is 0 Å². The molecule has 1 amide bonds. The summed E-state index contributed by atoms with van der Waals surface area (Å²) in [5, 5.41) is 2.94. The molecule has 1 rings (SSSR count). The molecule has 0 spiro atoms. The van der Waals surface area contributed by atoms with Gasteiger partial charge in [-0.25, -0.2) is 0 Å². The van der Waals surface area contributed by atoms with Crippen molar-refractivity contribution in [3.05, 3.63) is 29.8 Å². The van der Waals surface area contributed by atoms with Gasteiger partial charge in [0, 0.05) is 0 Å². The zero-order valence-corrected chi connectivity index (χ0v) is 11.8. The zero-order chi connectivity index (χ0) is 11.5. The third-order valence-electron chi connectivity index (χ3n) is 1.92. The summed E-state index contributed by atoms with van der Waals surface area (Å²) in [6, 6.07) is 7.92. The zero-order valence-electron chi connectivity index (χ0n) is 9.72. The fourth-order valence-corrected chi connectivity index (χ4v) is 2.25. The first-order valence-corrected chi connectivity index (χ1v) is 8.17. The fourth-order valence-electron chi connectivity index (χ4n) is 1.20.